The maximum Gasteiger partial charge on any atom is 0.0399 e. The van der Waals surface area contributed by atoms with Gasteiger partial charge in [-0.3, -0.25) is 0 Å². The predicted molar refractivity (Wildman–Crippen MR) is 79.7 cm³/mol. The summed E-state index contributed by atoms with van der Waals surface area (Å²) in [5.41, 5.74) is 0. The minimum atomic E-state index is 0.480. The monoisotopic (exact) mass is 315 g/mol. The second-order valence-electron chi connectivity index (χ2n) is 5.06. The van der Waals surface area contributed by atoms with Crippen LogP contribution in [0.15, 0.2) is 15.9 Å². The normalized spacial score (nSPS) is 20.8. The Bertz CT molecular complexity index is 329. The molecule has 3 heteroatoms. The highest BCUT2D eigenvalue weighted by molar-refractivity contribution is 9.10. The lowest BCUT2D eigenvalue weighted by Gasteiger charge is -2.25. The molecule has 1 aliphatic rings. The summed E-state index contributed by atoms with van der Waals surface area (Å²) < 4.78 is 1.26. The molecule has 0 aromatic carbocycles. The first-order chi connectivity index (χ1) is 8.27. The predicted octanol–water partition coefficient (Wildman–Crippen LogP) is 5.27. The highest BCUT2D eigenvalue weighted by atomic mass is 79.9. The van der Waals surface area contributed by atoms with Gasteiger partial charge in [0, 0.05) is 21.4 Å². The van der Waals surface area contributed by atoms with Gasteiger partial charge in [0.2, 0.25) is 0 Å². The van der Waals surface area contributed by atoms with E-state index < -0.39 is 0 Å². The Morgan fingerprint density at radius 3 is 2.47 bits per heavy atom. The van der Waals surface area contributed by atoms with Crippen molar-refractivity contribution in [2.45, 2.75) is 64.0 Å². The standard InChI is InChI=1S/C14H22BrNS/c1-11(14-13(15)9-10-17-14)16-12-7-5-3-2-4-6-8-12/h9-12,16H,2-8H2,1H3. The summed E-state index contributed by atoms with van der Waals surface area (Å²) in [6.07, 6.45) is 9.80. The van der Waals surface area contributed by atoms with Gasteiger partial charge in [0.05, 0.1) is 0 Å². The van der Waals surface area contributed by atoms with E-state index in [1.807, 2.05) is 11.3 Å². The lowest BCUT2D eigenvalue weighted by atomic mass is 9.96. The Labute approximate surface area is 117 Å². The van der Waals surface area contributed by atoms with E-state index >= 15 is 0 Å². The van der Waals surface area contributed by atoms with Crippen molar-refractivity contribution >= 4 is 27.3 Å². The molecule has 1 aromatic heterocycles. The van der Waals surface area contributed by atoms with Gasteiger partial charge in [0.25, 0.3) is 0 Å². The Kier molecular flexibility index (Phi) is 5.51. The van der Waals surface area contributed by atoms with Crippen molar-refractivity contribution in [3.8, 4) is 0 Å². The lowest BCUT2D eigenvalue weighted by Crippen LogP contribution is -2.31. The Hall–Kier alpha value is 0.140. The molecule has 1 fully saturated rings. The third kappa shape index (κ3) is 4.08. The van der Waals surface area contributed by atoms with E-state index in [-0.39, 0.29) is 0 Å². The SMILES string of the molecule is CC(NC1CCCCCCC1)c1sccc1Br. The van der Waals surface area contributed by atoms with Crippen molar-refractivity contribution in [2.75, 3.05) is 0 Å². The highest BCUT2D eigenvalue weighted by Gasteiger charge is 2.16. The van der Waals surface area contributed by atoms with Crippen LogP contribution in [0.25, 0.3) is 0 Å². The van der Waals surface area contributed by atoms with Gasteiger partial charge < -0.3 is 5.32 Å². The molecule has 0 saturated heterocycles. The number of hydrogen-bond acceptors (Lipinski definition) is 2. The van der Waals surface area contributed by atoms with Crippen molar-refractivity contribution in [2.24, 2.45) is 0 Å². The van der Waals surface area contributed by atoms with Crippen molar-refractivity contribution < 1.29 is 0 Å². The van der Waals surface area contributed by atoms with E-state index in [9.17, 15) is 0 Å². The van der Waals surface area contributed by atoms with Gasteiger partial charge in [-0.1, -0.05) is 32.1 Å². The molecule has 0 spiro atoms. The highest BCUT2D eigenvalue weighted by Crippen LogP contribution is 2.30. The van der Waals surface area contributed by atoms with E-state index in [1.165, 1.54) is 54.3 Å². The number of halogens is 1. The van der Waals surface area contributed by atoms with E-state index in [0.29, 0.717) is 6.04 Å². The van der Waals surface area contributed by atoms with Crippen LogP contribution in [-0.4, -0.2) is 6.04 Å². The third-order valence-corrected chi connectivity index (χ3v) is 5.68. The average molecular weight is 316 g/mol. The summed E-state index contributed by atoms with van der Waals surface area (Å²) in [7, 11) is 0. The quantitative estimate of drug-likeness (QED) is 0.800. The number of rotatable bonds is 3. The van der Waals surface area contributed by atoms with Crippen molar-refractivity contribution in [3.05, 3.63) is 20.8 Å². The fourth-order valence-corrected chi connectivity index (χ4v) is 4.40. The van der Waals surface area contributed by atoms with E-state index in [4.69, 9.17) is 0 Å². The van der Waals surface area contributed by atoms with Gasteiger partial charge in [-0.15, -0.1) is 11.3 Å². The number of hydrogen-bond donors (Lipinski definition) is 1. The average Bonchev–Trinajstić information content (AvgIpc) is 2.68. The molecule has 0 bridgehead atoms. The van der Waals surface area contributed by atoms with E-state index in [1.54, 1.807) is 0 Å². The van der Waals surface area contributed by atoms with Crippen LogP contribution in [0, 0.1) is 0 Å². The maximum atomic E-state index is 3.81. The van der Waals surface area contributed by atoms with Gasteiger partial charge in [0.15, 0.2) is 0 Å². The molecule has 0 radical (unpaired) electrons. The molecular weight excluding hydrogens is 294 g/mol. The maximum absolute atomic E-state index is 3.81. The second-order valence-corrected chi connectivity index (χ2v) is 6.87. The van der Waals surface area contributed by atoms with Crippen molar-refractivity contribution in [1.82, 2.24) is 5.32 Å². The molecule has 1 nitrogen and oxygen atoms in total. The summed E-state index contributed by atoms with van der Waals surface area (Å²) in [6, 6.07) is 3.35. The molecule has 0 amide bonds. The van der Waals surface area contributed by atoms with Gasteiger partial charge in [-0.2, -0.15) is 0 Å². The molecule has 1 unspecified atom stereocenters. The fourth-order valence-electron chi connectivity index (χ4n) is 2.67. The van der Waals surface area contributed by atoms with Gasteiger partial charge in [-0.05, 0) is 47.1 Å². The van der Waals surface area contributed by atoms with Crippen LogP contribution >= 0.6 is 27.3 Å². The first kappa shape index (κ1) is 13.6. The molecule has 96 valence electrons. The smallest absolute Gasteiger partial charge is 0.0399 e. The minimum Gasteiger partial charge on any atom is -0.307 e. The molecule has 0 aliphatic heterocycles. The molecule has 1 N–H and O–H groups in total. The molecule has 1 aliphatic carbocycles. The Morgan fingerprint density at radius 1 is 1.24 bits per heavy atom. The molecule has 1 saturated carbocycles. The summed E-state index contributed by atoms with van der Waals surface area (Å²) in [6.45, 7) is 2.29. The summed E-state index contributed by atoms with van der Waals surface area (Å²) >= 11 is 5.48. The molecule has 1 aromatic rings. The molecule has 1 heterocycles. The van der Waals surface area contributed by atoms with Crippen LogP contribution < -0.4 is 5.32 Å². The molecule has 1 atom stereocenters. The van der Waals surface area contributed by atoms with E-state index in [2.05, 4.69) is 39.6 Å². The first-order valence-electron chi connectivity index (χ1n) is 6.76. The Balaban J connectivity index is 1.88. The van der Waals surface area contributed by atoms with Crippen LogP contribution in [0.5, 0.6) is 0 Å². The zero-order chi connectivity index (χ0) is 12.1. The number of nitrogens with one attached hydrogen (secondary N) is 1. The Morgan fingerprint density at radius 2 is 1.88 bits per heavy atom. The molecule has 17 heavy (non-hydrogen) atoms. The zero-order valence-corrected chi connectivity index (χ0v) is 12.9. The van der Waals surface area contributed by atoms with Crippen molar-refractivity contribution in [3.63, 3.8) is 0 Å². The van der Waals surface area contributed by atoms with Crippen LogP contribution in [0.4, 0.5) is 0 Å². The van der Waals surface area contributed by atoms with Crippen molar-refractivity contribution in [1.29, 1.82) is 0 Å². The lowest BCUT2D eigenvalue weighted by molar-refractivity contribution is 0.364. The summed E-state index contributed by atoms with van der Waals surface area (Å²) in [5, 5.41) is 5.97. The number of thiophene rings is 1. The fraction of sp³-hybridized carbons (Fsp3) is 0.714. The van der Waals surface area contributed by atoms with Gasteiger partial charge >= 0.3 is 0 Å². The van der Waals surface area contributed by atoms with Crippen LogP contribution in [0.3, 0.4) is 0 Å². The van der Waals surface area contributed by atoms with Crippen LogP contribution in [0.2, 0.25) is 0 Å². The summed E-state index contributed by atoms with van der Waals surface area (Å²) in [5.74, 6) is 0. The summed E-state index contributed by atoms with van der Waals surface area (Å²) in [4.78, 5) is 1.44. The van der Waals surface area contributed by atoms with Gasteiger partial charge in [0.1, 0.15) is 0 Å². The zero-order valence-electron chi connectivity index (χ0n) is 10.5. The molecular formula is C14H22BrNS. The van der Waals surface area contributed by atoms with Crippen LogP contribution in [-0.2, 0) is 0 Å². The minimum absolute atomic E-state index is 0.480. The van der Waals surface area contributed by atoms with E-state index in [0.717, 1.165) is 6.04 Å². The second kappa shape index (κ2) is 6.91. The topological polar surface area (TPSA) is 12.0 Å². The van der Waals surface area contributed by atoms with Gasteiger partial charge in [-0.25, -0.2) is 0 Å². The van der Waals surface area contributed by atoms with Crippen LogP contribution in [0.1, 0.15) is 62.8 Å². The largest absolute Gasteiger partial charge is 0.307 e. The molecule has 2 rings (SSSR count). The third-order valence-electron chi connectivity index (χ3n) is 3.63. The first-order valence-corrected chi connectivity index (χ1v) is 8.43.